The zero-order valence-corrected chi connectivity index (χ0v) is 12.0. The van der Waals surface area contributed by atoms with Crippen molar-refractivity contribution in [3.63, 3.8) is 0 Å². The van der Waals surface area contributed by atoms with Gasteiger partial charge in [0.15, 0.2) is 0 Å². The van der Waals surface area contributed by atoms with Crippen molar-refractivity contribution < 1.29 is 4.74 Å². The summed E-state index contributed by atoms with van der Waals surface area (Å²) in [4.78, 5) is 0. The van der Waals surface area contributed by atoms with E-state index in [2.05, 4.69) is 48.3 Å². The first-order valence-electron chi connectivity index (χ1n) is 5.36. The summed E-state index contributed by atoms with van der Waals surface area (Å²) in [5.41, 5.74) is 1.06. The second-order valence-corrected chi connectivity index (χ2v) is 5.27. The topological polar surface area (TPSA) is 21.3 Å². The predicted octanol–water partition coefficient (Wildman–Crippen LogP) is 3.22. The van der Waals surface area contributed by atoms with Gasteiger partial charge in [0.1, 0.15) is 12.4 Å². The van der Waals surface area contributed by atoms with Crippen LogP contribution in [0.25, 0.3) is 0 Å². The summed E-state index contributed by atoms with van der Waals surface area (Å²) < 4.78 is 6.83. The first kappa shape index (κ1) is 13.5. The van der Waals surface area contributed by atoms with E-state index in [9.17, 15) is 0 Å². The van der Waals surface area contributed by atoms with Gasteiger partial charge in [0.2, 0.25) is 0 Å². The fourth-order valence-corrected chi connectivity index (χ4v) is 1.48. The van der Waals surface area contributed by atoms with E-state index in [1.807, 2.05) is 24.3 Å². The lowest BCUT2D eigenvalue weighted by atomic mass is 10.3. The summed E-state index contributed by atoms with van der Waals surface area (Å²) in [6.45, 7) is 9.58. The van der Waals surface area contributed by atoms with E-state index in [0.29, 0.717) is 12.6 Å². The third-order valence-corrected chi connectivity index (χ3v) is 2.74. The first-order valence-corrected chi connectivity index (χ1v) is 6.44. The number of benzene rings is 1. The highest BCUT2D eigenvalue weighted by atomic mass is 127. The molecular formula is C13H18INO. The Labute approximate surface area is 111 Å². The van der Waals surface area contributed by atoms with Crippen LogP contribution in [-0.2, 0) is 0 Å². The maximum atomic E-state index is 5.61. The van der Waals surface area contributed by atoms with Crippen LogP contribution in [0.2, 0.25) is 0 Å². The summed E-state index contributed by atoms with van der Waals surface area (Å²) in [5.74, 6) is 0.895. The van der Waals surface area contributed by atoms with Crippen molar-refractivity contribution >= 4 is 22.6 Å². The van der Waals surface area contributed by atoms with Gasteiger partial charge >= 0.3 is 0 Å². The van der Waals surface area contributed by atoms with Crippen LogP contribution < -0.4 is 10.1 Å². The molecule has 2 nitrogen and oxygen atoms in total. The van der Waals surface area contributed by atoms with Crippen LogP contribution in [0.1, 0.15) is 13.8 Å². The minimum absolute atomic E-state index is 0.482. The number of halogens is 1. The van der Waals surface area contributed by atoms with Crippen LogP contribution in [0.15, 0.2) is 36.4 Å². The average Bonchev–Trinajstić information content (AvgIpc) is 2.25. The molecule has 88 valence electrons. The Hall–Kier alpha value is -0.550. The van der Waals surface area contributed by atoms with E-state index in [4.69, 9.17) is 4.74 Å². The summed E-state index contributed by atoms with van der Waals surface area (Å²) >= 11 is 2.28. The minimum atomic E-state index is 0.482. The zero-order valence-electron chi connectivity index (χ0n) is 9.79. The third-order valence-electron chi connectivity index (χ3n) is 2.02. The van der Waals surface area contributed by atoms with Crippen LogP contribution in [0, 0.1) is 3.57 Å². The van der Waals surface area contributed by atoms with Gasteiger partial charge in [0.25, 0.3) is 0 Å². The fraction of sp³-hybridized carbons (Fsp3) is 0.385. The summed E-state index contributed by atoms with van der Waals surface area (Å²) in [6.07, 6.45) is 0. The highest BCUT2D eigenvalue weighted by molar-refractivity contribution is 14.1. The van der Waals surface area contributed by atoms with Crippen LogP contribution in [0.5, 0.6) is 5.75 Å². The van der Waals surface area contributed by atoms with E-state index in [1.54, 1.807) is 0 Å². The van der Waals surface area contributed by atoms with Gasteiger partial charge in [0.05, 0.1) is 0 Å². The average molecular weight is 331 g/mol. The molecule has 3 heteroatoms. The summed E-state index contributed by atoms with van der Waals surface area (Å²) in [6, 6.07) is 8.50. The normalized spacial score (nSPS) is 10.5. The highest BCUT2D eigenvalue weighted by Crippen LogP contribution is 2.13. The molecule has 0 saturated heterocycles. The Morgan fingerprint density at radius 3 is 2.56 bits per heavy atom. The quantitative estimate of drug-likeness (QED) is 0.638. The number of hydrogen-bond acceptors (Lipinski definition) is 2. The minimum Gasteiger partial charge on any atom is -0.489 e. The van der Waals surface area contributed by atoms with Gasteiger partial charge in [0, 0.05) is 16.2 Å². The Morgan fingerprint density at radius 1 is 1.38 bits per heavy atom. The fourth-order valence-electron chi connectivity index (χ4n) is 1.12. The Kier molecular flexibility index (Phi) is 5.84. The molecule has 0 heterocycles. The summed E-state index contributed by atoms with van der Waals surface area (Å²) in [5, 5.41) is 3.31. The molecule has 0 amide bonds. The van der Waals surface area contributed by atoms with Gasteiger partial charge in [-0.15, -0.1) is 0 Å². The Balaban J connectivity index is 2.29. The molecule has 0 atom stereocenters. The number of hydrogen-bond donors (Lipinski definition) is 1. The molecule has 0 fully saturated rings. The van der Waals surface area contributed by atoms with Crippen molar-refractivity contribution in [2.45, 2.75) is 19.9 Å². The standard InChI is InChI=1S/C13H18INO/c1-10(2)15-8-11(3)9-16-13-6-4-12(14)5-7-13/h4-7,10,15H,3,8-9H2,1-2H3. The van der Waals surface area contributed by atoms with Gasteiger partial charge in [-0.25, -0.2) is 0 Å². The lowest BCUT2D eigenvalue weighted by Gasteiger charge is -2.11. The highest BCUT2D eigenvalue weighted by Gasteiger charge is 1.98. The molecule has 1 aromatic rings. The smallest absolute Gasteiger partial charge is 0.119 e. The predicted molar refractivity (Wildman–Crippen MR) is 76.9 cm³/mol. The Morgan fingerprint density at radius 2 is 2.00 bits per heavy atom. The molecule has 1 aromatic carbocycles. The van der Waals surface area contributed by atoms with E-state index in [1.165, 1.54) is 3.57 Å². The van der Waals surface area contributed by atoms with Crippen molar-refractivity contribution in [1.82, 2.24) is 5.32 Å². The van der Waals surface area contributed by atoms with E-state index in [0.717, 1.165) is 17.9 Å². The van der Waals surface area contributed by atoms with Crippen molar-refractivity contribution in [1.29, 1.82) is 0 Å². The van der Waals surface area contributed by atoms with Crippen molar-refractivity contribution in [3.8, 4) is 5.75 Å². The van der Waals surface area contributed by atoms with Gasteiger partial charge in [-0.1, -0.05) is 20.4 Å². The molecule has 0 unspecified atom stereocenters. The lowest BCUT2D eigenvalue weighted by molar-refractivity contribution is 0.347. The molecule has 0 aromatic heterocycles. The van der Waals surface area contributed by atoms with Crippen LogP contribution in [-0.4, -0.2) is 19.2 Å². The largest absolute Gasteiger partial charge is 0.489 e. The molecule has 0 bridgehead atoms. The third kappa shape index (κ3) is 5.51. The second kappa shape index (κ2) is 6.91. The van der Waals surface area contributed by atoms with Gasteiger partial charge in [-0.3, -0.25) is 0 Å². The van der Waals surface area contributed by atoms with Crippen molar-refractivity contribution in [3.05, 3.63) is 40.0 Å². The maximum absolute atomic E-state index is 5.61. The summed E-state index contributed by atoms with van der Waals surface area (Å²) in [7, 11) is 0. The molecule has 0 aliphatic carbocycles. The molecular weight excluding hydrogens is 313 g/mol. The lowest BCUT2D eigenvalue weighted by Crippen LogP contribution is -2.26. The van der Waals surface area contributed by atoms with E-state index < -0.39 is 0 Å². The molecule has 1 rings (SSSR count). The van der Waals surface area contributed by atoms with Crippen molar-refractivity contribution in [2.24, 2.45) is 0 Å². The van der Waals surface area contributed by atoms with Crippen molar-refractivity contribution in [2.75, 3.05) is 13.2 Å². The molecule has 1 N–H and O–H groups in total. The second-order valence-electron chi connectivity index (χ2n) is 4.03. The molecule has 0 aliphatic rings. The van der Waals surface area contributed by atoms with Gasteiger partial charge < -0.3 is 10.1 Å². The van der Waals surface area contributed by atoms with Gasteiger partial charge in [-0.05, 0) is 52.4 Å². The molecule has 0 saturated carbocycles. The number of ether oxygens (including phenoxy) is 1. The van der Waals surface area contributed by atoms with E-state index in [-0.39, 0.29) is 0 Å². The first-order chi connectivity index (χ1) is 7.58. The molecule has 16 heavy (non-hydrogen) atoms. The Bertz CT molecular complexity index is 332. The van der Waals surface area contributed by atoms with Crippen LogP contribution in [0.4, 0.5) is 0 Å². The SMILES string of the molecule is C=C(CNC(C)C)COc1ccc(I)cc1. The van der Waals surface area contributed by atoms with Crippen LogP contribution in [0.3, 0.4) is 0 Å². The van der Waals surface area contributed by atoms with Gasteiger partial charge in [-0.2, -0.15) is 0 Å². The molecule has 0 aliphatic heterocycles. The monoisotopic (exact) mass is 331 g/mol. The maximum Gasteiger partial charge on any atom is 0.119 e. The number of rotatable bonds is 6. The number of nitrogens with one attached hydrogen (secondary N) is 1. The molecule has 0 spiro atoms. The van der Waals surface area contributed by atoms with Crippen LogP contribution >= 0.6 is 22.6 Å². The van der Waals surface area contributed by atoms with E-state index >= 15 is 0 Å². The molecule has 0 radical (unpaired) electrons. The zero-order chi connectivity index (χ0) is 12.0.